The summed E-state index contributed by atoms with van der Waals surface area (Å²) in [6.45, 7) is 4.37. The van der Waals surface area contributed by atoms with Gasteiger partial charge in [-0.3, -0.25) is 0 Å². The Kier molecular flexibility index (Phi) is 8.05. The van der Waals surface area contributed by atoms with E-state index in [1.165, 1.54) is 16.4 Å². The van der Waals surface area contributed by atoms with Crippen molar-refractivity contribution in [2.75, 3.05) is 19.7 Å². The van der Waals surface area contributed by atoms with E-state index in [0.29, 0.717) is 5.02 Å². The SMILES string of the molecule is CC(C)[C@@H](CO)CN(CC=Cc1ccccc1)S(=O)(=O)c1ccc(Cl)cc1. The van der Waals surface area contributed by atoms with Crippen molar-refractivity contribution in [3.63, 3.8) is 0 Å². The van der Waals surface area contributed by atoms with Crippen molar-refractivity contribution >= 4 is 27.7 Å². The molecular formula is C21H26ClNO3S. The van der Waals surface area contributed by atoms with E-state index in [2.05, 4.69) is 0 Å². The average Bonchev–Trinajstić information content (AvgIpc) is 2.65. The average molecular weight is 408 g/mol. The van der Waals surface area contributed by atoms with Crippen molar-refractivity contribution in [3.8, 4) is 0 Å². The van der Waals surface area contributed by atoms with Crippen molar-refractivity contribution in [1.82, 2.24) is 4.31 Å². The molecule has 0 radical (unpaired) electrons. The molecule has 0 aliphatic rings. The van der Waals surface area contributed by atoms with E-state index in [0.717, 1.165) is 5.56 Å². The van der Waals surface area contributed by atoms with Gasteiger partial charge < -0.3 is 5.11 Å². The molecular weight excluding hydrogens is 382 g/mol. The highest BCUT2D eigenvalue weighted by atomic mass is 35.5. The van der Waals surface area contributed by atoms with Crippen molar-refractivity contribution < 1.29 is 13.5 Å². The quantitative estimate of drug-likeness (QED) is 0.673. The van der Waals surface area contributed by atoms with Crippen LogP contribution in [-0.2, 0) is 10.0 Å². The monoisotopic (exact) mass is 407 g/mol. The van der Waals surface area contributed by atoms with Crippen LogP contribution in [0.3, 0.4) is 0 Å². The second kappa shape index (κ2) is 10.0. The van der Waals surface area contributed by atoms with Crippen LogP contribution in [0, 0.1) is 11.8 Å². The lowest BCUT2D eigenvalue weighted by Crippen LogP contribution is -2.38. The molecule has 0 unspecified atom stereocenters. The summed E-state index contributed by atoms with van der Waals surface area (Å²) in [5.41, 5.74) is 1.00. The molecule has 2 rings (SSSR count). The standard InChI is InChI=1S/C21H26ClNO3S/c1-17(2)19(16-24)15-23(14-6-9-18-7-4-3-5-8-18)27(25,26)21-12-10-20(22)11-13-21/h3-13,17,19,24H,14-16H2,1-2H3/t19-/m1/s1. The second-order valence-corrected chi connectivity index (χ2v) is 9.15. The highest BCUT2D eigenvalue weighted by molar-refractivity contribution is 7.89. The smallest absolute Gasteiger partial charge is 0.243 e. The Morgan fingerprint density at radius 3 is 2.26 bits per heavy atom. The lowest BCUT2D eigenvalue weighted by Gasteiger charge is -2.27. The molecule has 0 amide bonds. The van der Waals surface area contributed by atoms with Crippen molar-refractivity contribution in [3.05, 3.63) is 71.3 Å². The van der Waals surface area contributed by atoms with Crippen LogP contribution >= 0.6 is 11.6 Å². The first-order valence-electron chi connectivity index (χ1n) is 8.92. The van der Waals surface area contributed by atoms with E-state index in [4.69, 9.17) is 11.6 Å². The molecule has 0 saturated carbocycles. The molecule has 0 aliphatic carbocycles. The Hall–Kier alpha value is -1.66. The second-order valence-electron chi connectivity index (χ2n) is 6.78. The lowest BCUT2D eigenvalue weighted by atomic mass is 9.97. The number of hydrogen-bond donors (Lipinski definition) is 1. The molecule has 0 spiro atoms. The summed E-state index contributed by atoms with van der Waals surface area (Å²) in [7, 11) is -3.70. The number of sulfonamides is 1. The fourth-order valence-electron chi connectivity index (χ4n) is 2.64. The molecule has 0 fully saturated rings. The number of aliphatic hydroxyl groups excluding tert-OH is 1. The van der Waals surface area contributed by atoms with Crippen LogP contribution in [0.15, 0.2) is 65.6 Å². The zero-order chi connectivity index (χ0) is 19.9. The Morgan fingerprint density at radius 1 is 1.07 bits per heavy atom. The molecule has 0 bridgehead atoms. The number of hydrogen-bond acceptors (Lipinski definition) is 3. The van der Waals surface area contributed by atoms with Gasteiger partial charge in [-0.05, 0) is 41.7 Å². The zero-order valence-electron chi connectivity index (χ0n) is 15.6. The molecule has 4 nitrogen and oxygen atoms in total. The van der Waals surface area contributed by atoms with E-state index in [1.807, 2.05) is 56.3 Å². The maximum absolute atomic E-state index is 13.1. The fraction of sp³-hybridized carbons (Fsp3) is 0.333. The van der Waals surface area contributed by atoms with Gasteiger partial charge in [-0.1, -0.05) is 67.9 Å². The van der Waals surface area contributed by atoms with Crippen molar-refractivity contribution in [2.45, 2.75) is 18.7 Å². The molecule has 2 aromatic carbocycles. The van der Waals surface area contributed by atoms with Gasteiger partial charge in [0.2, 0.25) is 10.0 Å². The molecule has 1 atom stereocenters. The van der Waals surface area contributed by atoms with Gasteiger partial charge in [0.15, 0.2) is 0 Å². The summed E-state index contributed by atoms with van der Waals surface area (Å²) in [5.74, 6) is 0.0215. The van der Waals surface area contributed by atoms with Crippen molar-refractivity contribution in [1.29, 1.82) is 0 Å². The van der Waals surface area contributed by atoms with Crippen LogP contribution in [0.2, 0.25) is 5.02 Å². The van der Waals surface area contributed by atoms with Crippen LogP contribution in [0.4, 0.5) is 0 Å². The number of nitrogens with zero attached hydrogens (tertiary/aromatic N) is 1. The summed E-state index contributed by atoms with van der Waals surface area (Å²) in [6, 6.07) is 15.9. The molecule has 0 aliphatic heterocycles. The van der Waals surface area contributed by atoms with Crippen molar-refractivity contribution in [2.24, 2.45) is 11.8 Å². The number of rotatable bonds is 9. The molecule has 2 aromatic rings. The molecule has 27 heavy (non-hydrogen) atoms. The van der Waals surface area contributed by atoms with Gasteiger partial charge in [0.05, 0.1) is 4.90 Å². The topological polar surface area (TPSA) is 57.6 Å². The van der Waals surface area contributed by atoms with E-state index in [1.54, 1.807) is 12.1 Å². The predicted molar refractivity (Wildman–Crippen MR) is 111 cm³/mol. The Morgan fingerprint density at radius 2 is 1.70 bits per heavy atom. The summed E-state index contributed by atoms with van der Waals surface area (Å²) in [4.78, 5) is 0.195. The summed E-state index contributed by atoms with van der Waals surface area (Å²) in [6.07, 6.45) is 3.73. The molecule has 146 valence electrons. The number of halogens is 1. The molecule has 0 heterocycles. The van der Waals surface area contributed by atoms with Gasteiger partial charge in [-0.15, -0.1) is 0 Å². The van der Waals surface area contributed by atoms with E-state index in [9.17, 15) is 13.5 Å². The fourth-order valence-corrected chi connectivity index (χ4v) is 4.21. The molecule has 0 aromatic heterocycles. The first-order valence-corrected chi connectivity index (χ1v) is 10.7. The van der Waals surface area contributed by atoms with Gasteiger partial charge >= 0.3 is 0 Å². The molecule has 0 saturated heterocycles. The number of aliphatic hydroxyl groups is 1. The minimum atomic E-state index is -3.70. The molecule has 1 N–H and O–H groups in total. The summed E-state index contributed by atoms with van der Waals surface area (Å²) >= 11 is 5.89. The van der Waals surface area contributed by atoms with E-state index < -0.39 is 10.0 Å². The van der Waals surface area contributed by atoms with Crippen LogP contribution < -0.4 is 0 Å². The third kappa shape index (κ3) is 6.18. The summed E-state index contributed by atoms with van der Waals surface area (Å²) in [5, 5.41) is 10.2. The van der Waals surface area contributed by atoms with Crippen LogP contribution in [-0.4, -0.2) is 37.5 Å². The Bertz CT molecular complexity index is 833. The largest absolute Gasteiger partial charge is 0.396 e. The highest BCUT2D eigenvalue weighted by Gasteiger charge is 2.27. The zero-order valence-corrected chi connectivity index (χ0v) is 17.2. The van der Waals surface area contributed by atoms with Crippen LogP contribution in [0.25, 0.3) is 6.08 Å². The summed E-state index contributed by atoms with van der Waals surface area (Å²) < 4.78 is 27.7. The first kappa shape index (κ1) is 21.6. The van der Waals surface area contributed by atoms with Gasteiger partial charge in [0.1, 0.15) is 0 Å². The highest BCUT2D eigenvalue weighted by Crippen LogP contribution is 2.22. The lowest BCUT2D eigenvalue weighted by molar-refractivity contribution is 0.168. The Labute approximate surface area is 167 Å². The first-order chi connectivity index (χ1) is 12.8. The third-order valence-electron chi connectivity index (χ3n) is 4.49. The minimum absolute atomic E-state index is 0.0628. The van der Waals surface area contributed by atoms with Gasteiger partial charge in [-0.2, -0.15) is 4.31 Å². The van der Waals surface area contributed by atoms with Crippen LogP contribution in [0.1, 0.15) is 19.4 Å². The van der Waals surface area contributed by atoms with Gasteiger partial charge in [0, 0.05) is 24.7 Å². The maximum atomic E-state index is 13.1. The van der Waals surface area contributed by atoms with E-state index in [-0.39, 0.29) is 36.4 Å². The third-order valence-corrected chi connectivity index (χ3v) is 6.58. The number of benzene rings is 2. The predicted octanol–water partition coefficient (Wildman–Crippen LogP) is 4.31. The maximum Gasteiger partial charge on any atom is 0.243 e. The molecule has 6 heteroatoms. The van der Waals surface area contributed by atoms with E-state index >= 15 is 0 Å². The van der Waals surface area contributed by atoms with Gasteiger partial charge in [0.25, 0.3) is 0 Å². The minimum Gasteiger partial charge on any atom is -0.396 e. The van der Waals surface area contributed by atoms with Crippen LogP contribution in [0.5, 0.6) is 0 Å². The normalized spacial score (nSPS) is 13.6. The Balaban J connectivity index is 2.27. The van der Waals surface area contributed by atoms with Gasteiger partial charge in [-0.25, -0.2) is 8.42 Å².